The third kappa shape index (κ3) is 2.00. The number of hydrogen-bond donors (Lipinski definition) is 1. The van der Waals surface area contributed by atoms with Crippen LogP contribution in [-0.4, -0.2) is 9.97 Å². The van der Waals surface area contributed by atoms with Crippen LogP contribution in [0.5, 0.6) is 0 Å². The summed E-state index contributed by atoms with van der Waals surface area (Å²) in [6.45, 7) is 0. The number of hydrogen-bond acceptors (Lipinski definition) is 2. The van der Waals surface area contributed by atoms with Crippen molar-refractivity contribution >= 4 is 22.5 Å². The van der Waals surface area contributed by atoms with Gasteiger partial charge in [0.15, 0.2) is 5.82 Å². The van der Waals surface area contributed by atoms with Crippen LogP contribution in [0.25, 0.3) is 22.3 Å². The number of benzene rings is 2. The summed E-state index contributed by atoms with van der Waals surface area (Å²) in [5, 5.41) is 0.460. The smallest absolute Gasteiger partial charge is 0.259 e. The number of nitrogens with zero attached hydrogens (tertiary/aromatic N) is 1. The van der Waals surface area contributed by atoms with Crippen molar-refractivity contribution in [2.45, 2.75) is 0 Å². The van der Waals surface area contributed by atoms with Gasteiger partial charge in [0, 0.05) is 0 Å². The summed E-state index contributed by atoms with van der Waals surface area (Å²) >= 11 is 5.73. The molecule has 0 fully saturated rings. The Balaban J connectivity index is 2.32. The van der Waals surface area contributed by atoms with E-state index >= 15 is 0 Å². The van der Waals surface area contributed by atoms with Crippen molar-refractivity contribution < 1.29 is 4.39 Å². The fourth-order valence-electron chi connectivity index (χ4n) is 1.90. The van der Waals surface area contributed by atoms with Crippen LogP contribution in [0.4, 0.5) is 4.39 Å². The molecule has 0 atom stereocenters. The quantitative estimate of drug-likeness (QED) is 0.739. The van der Waals surface area contributed by atoms with Crippen LogP contribution in [0.2, 0.25) is 5.02 Å². The zero-order valence-electron chi connectivity index (χ0n) is 9.65. The normalized spacial score (nSPS) is 10.8. The Labute approximate surface area is 112 Å². The van der Waals surface area contributed by atoms with Crippen molar-refractivity contribution in [1.82, 2.24) is 9.97 Å². The standard InChI is InChI=1S/C14H8ClFN2O/c15-10-6-3-5-9(12(10)16)13-17-11-7-2-1-4-8(11)14(19)18-13/h1-7H,(H,17,18,19). The van der Waals surface area contributed by atoms with Crippen molar-refractivity contribution in [3.05, 3.63) is 63.7 Å². The average molecular weight is 275 g/mol. The summed E-state index contributed by atoms with van der Waals surface area (Å²) in [7, 11) is 0. The Morgan fingerprint density at radius 3 is 2.74 bits per heavy atom. The van der Waals surface area contributed by atoms with Gasteiger partial charge < -0.3 is 4.98 Å². The number of nitrogens with one attached hydrogen (secondary N) is 1. The highest BCUT2D eigenvalue weighted by Crippen LogP contribution is 2.25. The molecule has 0 saturated carbocycles. The van der Waals surface area contributed by atoms with Crippen molar-refractivity contribution in [2.24, 2.45) is 0 Å². The molecule has 0 spiro atoms. The first-order valence-corrected chi connectivity index (χ1v) is 5.98. The van der Waals surface area contributed by atoms with E-state index in [1.807, 2.05) is 0 Å². The van der Waals surface area contributed by atoms with Gasteiger partial charge in [-0.25, -0.2) is 9.37 Å². The lowest BCUT2D eigenvalue weighted by atomic mass is 10.2. The lowest BCUT2D eigenvalue weighted by Crippen LogP contribution is -2.09. The summed E-state index contributed by atoms with van der Waals surface area (Å²) in [5.41, 5.74) is 0.385. The zero-order chi connectivity index (χ0) is 13.4. The molecule has 5 heteroatoms. The highest BCUT2D eigenvalue weighted by Gasteiger charge is 2.12. The molecule has 0 aliphatic rings. The summed E-state index contributed by atoms with van der Waals surface area (Å²) in [6.07, 6.45) is 0. The van der Waals surface area contributed by atoms with Crippen molar-refractivity contribution in [2.75, 3.05) is 0 Å². The largest absolute Gasteiger partial charge is 0.306 e. The second-order valence-corrected chi connectivity index (χ2v) is 4.44. The van der Waals surface area contributed by atoms with Gasteiger partial charge in [-0.1, -0.05) is 29.8 Å². The summed E-state index contributed by atoms with van der Waals surface area (Å²) in [4.78, 5) is 18.7. The average Bonchev–Trinajstić information content (AvgIpc) is 2.42. The Bertz CT molecular complexity index is 829. The Morgan fingerprint density at radius 1 is 1.11 bits per heavy atom. The van der Waals surface area contributed by atoms with Crippen molar-refractivity contribution in [3.8, 4) is 11.4 Å². The molecule has 1 N–H and O–H groups in total. The number of fused-ring (bicyclic) bond motifs is 1. The topological polar surface area (TPSA) is 45.8 Å². The van der Waals surface area contributed by atoms with E-state index in [0.29, 0.717) is 10.9 Å². The second-order valence-electron chi connectivity index (χ2n) is 4.03. The second kappa shape index (κ2) is 4.48. The van der Waals surface area contributed by atoms with Crippen LogP contribution < -0.4 is 5.56 Å². The molecule has 1 heterocycles. The van der Waals surface area contributed by atoms with E-state index in [4.69, 9.17) is 11.6 Å². The zero-order valence-corrected chi connectivity index (χ0v) is 10.4. The van der Waals surface area contributed by atoms with Crippen LogP contribution in [0.3, 0.4) is 0 Å². The lowest BCUT2D eigenvalue weighted by Gasteiger charge is -2.05. The van der Waals surface area contributed by atoms with E-state index in [2.05, 4.69) is 9.97 Å². The molecular weight excluding hydrogens is 267 g/mol. The van der Waals surface area contributed by atoms with E-state index in [1.54, 1.807) is 30.3 Å². The molecular formula is C14H8ClFN2O. The minimum absolute atomic E-state index is 0.00620. The maximum Gasteiger partial charge on any atom is 0.259 e. The van der Waals surface area contributed by atoms with Gasteiger partial charge in [-0.3, -0.25) is 4.79 Å². The van der Waals surface area contributed by atoms with Gasteiger partial charge in [-0.2, -0.15) is 0 Å². The molecule has 19 heavy (non-hydrogen) atoms. The highest BCUT2D eigenvalue weighted by atomic mass is 35.5. The maximum absolute atomic E-state index is 13.9. The van der Waals surface area contributed by atoms with E-state index in [1.165, 1.54) is 12.1 Å². The number of aromatic amines is 1. The van der Waals surface area contributed by atoms with Gasteiger partial charge in [0.05, 0.1) is 21.5 Å². The summed E-state index contributed by atoms with van der Waals surface area (Å²) < 4.78 is 13.9. The fourth-order valence-corrected chi connectivity index (χ4v) is 2.08. The molecule has 3 aromatic rings. The fraction of sp³-hybridized carbons (Fsp3) is 0. The van der Waals surface area contributed by atoms with E-state index in [9.17, 15) is 9.18 Å². The van der Waals surface area contributed by atoms with Crippen LogP contribution in [0, 0.1) is 5.82 Å². The summed E-state index contributed by atoms with van der Waals surface area (Å²) in [6, 6.07) is 11.5. The molecule has 94 valence electrons. The molecule has 0 saturated heterocycles. The van der Waals surface area contributed by atoms with Crippen molar-refractivity contribution in [1.29, 1.82) is 0 Å². The van der Waals surface area contributed by atoms with Crippen LogP contribution in [0.15, 0.2) is 47.3 Å². The molecule has 0 aliphatic heterocycles. The number of aromatic nitrogens is 2. The Morgan fingerprint density at radius 2 is 1.89 bits per heavy atom. The van der Waals surface area contributed by atoms with Gasteiger partial charge in [0.2, 0.25) is 0 Å². The number of H-pyrrole nitrogens is 1. The molecule has 0 unspecified atom stereocenters. The van der Waals surface area contributed by atoms with Crippen LogP contribution in [-0.2, 0) is 0 Å². The first-order chi connectivity index (χ1) is 9.16. The lowest BCUT2D eigenvalue weighted by molar-refractivity contribution is 0.630. The highest BCUT2D eigenvalue weighted by molar-refractivity contribution is 6.31. The van der Waals surface area contributed by atoms with E-state index in [-0.39, 0.29) is 22.0 Å². The monoisotopic (exact) mass is 274 g/mol. The van der Waals surface area contributed by atoms with Crippen molar-refractivity contribution in [3.63, 3.8) is 0 Å². The van der Waals surface area contributed by atoms with Gasteiger partial charge in [-0.05, 0) is 24.3 Å². The molecule has 0 bridgehead atoms. The van der Waals surface area contributed by atoms with Gasteiger partial charge >= 0.3 is 0 Å². The van der Waals surface area contributed by atoms with Gasteiger partial charge in [-0.15, -0.1) is 0 Å². The SMILES string of the molecule is O=c1[nH]c(-c2cccc(Cl)c2F)nc2ccccc12. The van der Waals surface area contributed by atoms with E-state index < -0.39 is 5.82 Å². The summed E-state index contributed by atoms with van der Waals surface area (Å²) in [5.74, 6) is -0.425. The third-order valence-electron chi connectivity index (χ3n) is 2.82. The molecule has 3 nitrogen and oxygen atoms in total. The van der Waals surface area contributed by atoms with Gasteiger partial charge in [0.1, 0.15) is 5.82 Å². The van der Waals surface area contributed by atoms with E-state index in [0.717, 1.165) is 0 Å². The molecule has 2 aromatic carbocycles. The first-order valence-electron chi connectivity index (χ1n) is 5.60. The third-order valence-corrected chi connectivity index (χ3v) is 3.11. The van der Waals surface area contributed by atoms with Crippen LogP contribution in [0.1, 0.15) is 0 Å². The number of rotatable bonds is 1. The predicted molar refractivity (Wildman–Crippen MR) is 72.8 cm³/mol. The molecule has 0 aliphatic carbocycles. The molecule has 3 rings (SSSR count). The Hall–Kier alpha value is -2.20. The molecule has 1 aromatic heterocycles. The minimum atomic E-state index is -0.595. The predicted octanol–water partition coefficient (Wildman–Crippen LogP) is 3.38. The number of para-hydroxylation sites is 1. The maximum atomic E-state index is 13.9. The molecule has 0 radical (unpaired) electrons. The first kappa shape index (κ1) is 11.9. The Kier molecular flexibility index (Phi) is 2.80. The molecule has 0 amide bonds. The number of halogens is 2. The minimum Gasteiger partial charge on any atom is -0.306 e. The van der Waals surface area contributed by atoms with Crippen LogP contribution >= 0.6 is 11.6 Å². The van der Waals surface area contributed by atoms with Gasteiger partial charge in [0.25, 0.3) is 5.56 Å².